The molecule has 1 fully saturated rings. The van der Waals surface area contributed by atoms with Gasteiger partial charge in [0.1, 0.15) is 5.01 Å². The number of hydrogen-bond donors (Lipinski definition) is 0. The summed E-state index contributed by atoms with van der Waals surface area (Å²) in [5.41, 5.74) is 2.47. The summed E-state index contributed by atoms with van der Waals surface area (Å²) in [6, 6.07) is 7.95. The van der Waals surface area contributed by atoms with Crippen LogP contribution in [0.25, 0.3) is 10.6 Å². The Morgan fingerprint density at radius 2 is 1.78 bits per heavy atom. The standard InChI is InChI=1S/C15H16ClNS/c16-13-8-6-12(7-9-13)15-17-14(10-18-15)11-4-2-1-3-5-11/h6-11H,1-5H2. The van der Waals surface area contributed by atoms with Crippen molar-refractivity contribution < 1.29 is 0 Å². The van der Waals surface area contributed by atoms with Crippen molar-refractivity contribution in [3.05, 3.63) is 40.4 Å². The second-order valence-corrected chi connectivity index (χ2v) is 6.21. The van der Waals surface area contributed by atoms with Gasteiger partial charge < -0.3 is 0 Å². The SMILES string of the molecule is Clc1ccc(-c2nc(C3CCCCC3)cs2)cc1. The lowest BCUT2D eigenvalue weighted by Crippen LogP contribution is -2.04. The lowest BCUT2D eigenvalue weighted by Gasteiger charge is -2.19. The van der Waals surface area contributed by atoms with Crippen LogP contribution in [0.3, 0.4) is 0 Å². The van der Waals surface area contributed by atoms with E-state index in [-0.39, 0.29) is 0 Å². The highest BCUT2D eigenvalue weighted by Gasteiger charge is 2.18. The van der Waals surface area contributed by atoms with Gasteiger partial charge in [0, 0.05) is 21.9 Å². The van der Waals surface area contributed by atoms with Crippen LogP contribution >= 0.6 is 22.9 Å². The number of thiazole rings is 1. The maximum Gasteiger partial charge on any atom is 0.123 e. The van der Waals surface area contributed by atoms with Crippen LogP contribution in [0.5, 0.6) is 0 Å². The Hall–Kier alpha value is -0.860. The number of benzene rings is 1. The second kappa shape index (κ2) is 5.41. The third-order valence-corrected chi connectivity index (χ3v) is 4.80. The molecule has 0 bridgehead atoms. The summed E-state index contributed by atoms with van der Waals surface area (Å²) in [6.07, 6.45) is 6.73. The molecule has 0 radical (unpaired) electrons. The molecule has 0 aliphatic heterocycles. The first-order valence-corrected chi connectivity index (χ1v) is 7.80. The zero-order valence-corrected chi connectivity index (χ0v) is 11.8. The zero-order chi connectivity index (χ0) is 12.4. The van der Waals surface area contributed by atoms with Gasteiger partial charge in [0.25, 0.3) is 0 Å². The predicted molar refractivity (Wildman–Crippen MR) is 78.4 cm³/mol. The Balaban J connectivity index is 1.82. The van der Waals surface area contributed by atoms with E-state index < -0.39 is 0 Å². The molecule has 94 valence electrons. The molecule has 18 heavy (non-hydrogen) atoms. The van der Waals surface area contributed by atoms with Gasteiger partial charge in [-0.2, -0.15) is 0 Å². The van der Waals surface area contributed by atoms with Crippen molar-refractivity contribution in [2.24, 2.45) is 0 Å². The fraction of sp³-hybridized carbons (Fsp3) is 0.400. The van der Waals surface area contributed by atoms with Gasteiger partial charge in [-0.15, -0.1) is 11.3 Å². The Bertz CT molecular complexity index is 512. The Morgan fingerprint density at radius 1 is 1.06 bits per heavy atom. The molecule has 1 nitrogen and oxygen atoms in total. The molecule has 1 saturated carbocycles. The second-order valence-electron chi connectivity index (χ2n) is 4.92. The van der Waals surface area contributed by atoms with Gasteiger partial charge in [-0.25, -0.2) is 4.98 Å². The van der Waals surface area contributed by atoms with Crippen LogP contribution in [-0.4, -0.2) is 4.98 Å². The number of halogens is 1. The van der Waals surface area contributed by atoms with Crippen molar-refractivity contribution >= 4 is 22.9 Å². The van der Waals surface area contributed by atoms with E-state index in [0.29, 0.717) is 5.92 Å². The van der Waals surface area contributed by atoms with Crippen molar-refractivity contribution in [1.29, 1.82) is 0 Å². The normalized spacial score (nSPS) is 16.9. The molecule has 3 heteroatoms. The van der Waals surface area contributed by atoms with Crippen molar-refractivity contribution in [1.82, 2.24) is 4.98 Å². The summed E-state index contributed by atoms with van der Waals surface area (Å²) in [5.74, 6) is 0.691. The minimum absolute atomic E-state index is 0.691. The van der Waals surface area contributed by atoms with Crippen molar-refractivity contribution in [2.45, 2.75) is 38.0 Å². The molecule has 1 aromatic heterocycles. The number of rotatable bonds is 2. The molecule has 0 spiro atoms. The minimum atomic E-state index is 0.691. The molecule has 2 aromatic rings. The molecule has 0 atom stereocenters. The molecule has 0 N–H and O–H groups in total. The van der Waals surface area contributed by atoms with E-state index in [9.17, 15) is 0 Å². The molecule has 1 aliphatic rings. The van der Waals surface area contributed by atoms with Crippen LogP contribution in [-0.2, 0) is 0 Å². The Kier molecular flexibility index (Phi) is 3.67. The van der Waals surface area contributed by atoms with Crippen LogP contribution in [0, 0.1) is 0 Å². The van der Waals surface area contributed by atoms with Crippen LogP contribution in [0.1, 0.15) is 43.7 Å². The number of nitrogens with zero attached hydrogens (tertiary/aromatic N) is 1. The first-order chi connectivity index (χ1) is 8.83. The first kappa shape index (κ1) is 12.2. The molecule has 0 amide bonds. The van der Waals surface area contributed by atoms with Gasteiger partial charge in [0.2, 0.25) is 0 Å². The highest BCUT2D eigenvalue weighted by Crippen LogP contribution is 2.35. The van der Waals surface area contributed by atoms with E-state index in [1.165, 1.54) is 43.4 Å². The molecular weight excluding hydrogens is 262 g/mol. The highest BCUT2D eigenvalue weighted by atomic mass is 35.5. The lowest BCUT2D eigenvalue weighted by molar-refractivity contribution is 0.438. The van der Waals surface area contributed by atoms with E-state index in [4.69, 9.17) is 16.6 Å². The third kappa shape index (κ3) is 2.60. The summed E-state index contributed by atoms with van der Waals surface area (Å²) >= 11 is 7.66. The topological polar surface area (TPSA) is 12.9 Å². The van der Waals surface area contributed by atoms with E-state index in [1.807, 2.05) is 24.3 Å². The van der Waals surface area contributed by atoms with Crippen LogP contribution < -0.4 is 0 Å². The summed E-state index contributed by atoms with van der Waals surface area (Å²) < 4.78 is 0. The largest absolute Gasteiger partial charge is 0.241 e. The smallest absolute Gasteiger partial charge is 0.123 e. The van der Waals surface area contributed by atoms with Crippen molar-refractivity contribution in [3.8, 4) is 10.6 Å². The van der Waals surface area contributed by atoms with Crippen molar-refractivity contribution in [3.63, 3.8) is 0 Å². The average Bonchev–Trinajstić information content (AvgIpc) is 2.90. The van der Waals surface area contributed by atoms with Gasteiger partial charge >= 0.3 is 0 Å². The van der Waals surface area contributed by atoms with Crippen LogP contribution in [0.15, 0.2) is 29.6 Å². The maximum absolute atomic E-state index is 5.91. The predicted octanol–water partition coefficient (Wildman–Crippen LogP) is 5.51. The number of hydrogen-bond acceptors (Lipinski definition) is 2. The molecule has 1 heterocycles. The maximum atomic E-state index is 5.91. The van der Waals surface area contributed by atoms with Crippen LogP contribution in [0.2, 0.25) is 5.02 Å². The first-order valence-electron chi connectivity index (χ1n) is 6.54. The van der Waals surface area contributed by atoms with Crippen LogP contribution in [0.4, 0.5) is 0 Å². The number of aromatic nitrogens is 1. The van der Waals surface area contributed by atoms with Gasteiger partial charge in [-0.1, -0.05) is 43.0 Å². The molecule has 1 aromatic carbocycles. The van der Waals surface area contributed by atoms with E-state index in [2.05, 4.69) is 5.38 Å². The summed E-state index contributed by atoms with van der Waals surface area (Å²) in [7, 11) is 0. The van der Waals surface area contributed by atoms with Gasteiger partial charge in [-0.05, 0) is 25.0 Å². The highest BCUT2D eigenvalue weighted by molar-refractivity contribution is 7.13. The van der Waals surface area contributed by atoms with Gasteiger partial charge in [0.15, 0.2) is 0 Å². The molecular formula is C15H16ClNS. The fourth-order valence-electron chi connectivity index (χ4n) is 2.60. The average molecular weight is 278 g/mol. The molecule has 3 rings (SSSR count). The van der Waals surface area contributed by atoms with Crippen molar-refractivity contribution in [2.75, 3.05) is 0 Å². The van der Waals surface area contributed by atoms with Gasteiger partial charge in [0.05, 0.1) is 5.69 Å². The minimum Gasteiger partial charge on any atom is -0.241 e. The lowest BCUT2D eigenvalue weighted by atomic mass is 9.87. The monoisotopic (exact) mass is 277 g/mol. The van der Waals surface area contributed by atoms with E-state index in [1.54, 1.807) is 11.3 Å². The Labute approximate surface area is 117 Å². The van der Waals surface area contributed by atoms with E-state index >= 15 is 0 Å². The third-order valence-electron chi connectivity index (χ3n) is 3.64. The summed E-state index contributed by atoms with van der Waals surface area (Å²) in [4.78, 5) is 4.81. The molecule has 1 aliphatic carbocycles. The molecule has 0 saturated heterocycles. The quantitative estimate of drug-likeness (QED) is 0.705. The summed E-state index contributed by atoms with van der Waals surface area (Å²) in [5, 5.41) is 4.13. The van der Waals surface area contributed by atoms with Gasteiger partial charge in [-0.3, -0.25) is 0 Å². The van der Waals surface area contributed by atoms with E-state index in [0.717, 1.165) is 10.0 Å². The summed E-state index contributed by atoms with van der Waals surface area (Å²) in [6.45, 7) is 0. The Morgan fingerprint density at radius 3 is 2.50 bits per heavy atom. The fourth-order valence-corrected chi connectivity index (χ4v) is 3.63. The molecule has 0 unspecified atom stereocenters. The zero-order valence-electron chi connectivity index (χ0n) is 10.2.